The third-order valence-corrected chi connectivity index (χ3v) is 2.86. The minimum Gasteiger partial charge on any atom is -0.481 e. The molecule has 0 aliphatic carbocycles. The normalized spacial score (nSPS) is 11.1. The monoisotopic (exact) mass is 322 g/mol. The van der Waals surface area contributed by atoms with Crippen molar-refractivity contribution in [3.8, 4) is 12.3 Å². The number of aliphatic carboxylic acids is 2. The molecule has 0 aliphatic rings. The third kappa shape index (κ3) is 5.67. The SMILES string of the molecule is C#CCNc1ccc(C(=O)N[C@@H](CCC(=O)O)C(=O)O)c(F)c1. The molecule has 0 spiro atoms. The number of benzene rings is 1. The Morgan fingerprint density at radius 3 is 2.52 bits per heavy atom. The van der Waals surface area contributed by atoms with Gasteiger partial charge in [-0.25, -0.2) is 9.18 Å². The van der Waals surface area contributed by atoms with E-state index in [1.54, 1.807) is 0 Å². The molecule has 7 nitrogen and oxygen atoms in total. The standard InChI is InChI=1S/C15H15FN2O5/c1-2-7-17-9-3-4-10(11(16)8-9)14(21)18-12(15(22)23)5-6-13(19)20/h1,3-4,8,12,17H,5-7H2,(H,18,21)(H,19,20)(H,22,23)/t12-/m0/s1. The largest absolute Gasteiger partial charge is 0.481 e. The number of halogens is 1. The zero-order chi connectivity index (χ0) is 17.4. The summed E-state index contributed by atoms with van der Waals surface area (Å²) in [6.07, 6.45) is 4.32. The van der Waals surface area contributed by atoms with Gasteiger partial charge in [-0.1, -0.05) is 5.92 Å². The molecule has 23 heavy (non-hydrogen) atoms. The molecule has 0 saturated carbocycles. The number of carbonyl (C=O) groups excluding carboxylic acids is 1. The van der Waals surface area contributed by atoms with Crippen molar-refractivity contribution in [1.29, 1.82) is 0 Å². The lowest BCUT2D eigenvalue weighted by atomic mass is 10.1. The van der Waals surface area contributed by atoms with Crippen LogP contribution in [0, 0.1) is 18.2 Å². The van der Waals surface area contributed by atoms with Gasteiger partial charge in [0.15, 0.2) is 0 Å². The van der Waals surface area contributed by atoms with Gasteiger partial charge in [-0.05, 0) is 24.6 Å². The summed E-state index contributed by atoms with van der Waals surface area (Å²) in [7, 11) is 0. The molecule has 0 heterocycles. The van der Waals surface area contributed by atoms with Crippen LogP contribution in [-0.2, 0) is 9.59 Å². The predicted molar refractivity (Wildman–Crippen MR) is 79.5 cm³/mol. The molecule has 0 aliphatic heterocycles. The van der Waals surface area contributed by atoms with E-state index in [0.717, 1.165) is 6.07 Å². The lowest BCUT2D eigenvalue weighted by Crippen LogP contribution is -2.41. The molecule has 0 aromatic heterocycles. The number of carboxylic acid groups (broad SMARTS) is 2. The van der Waals surface area contributed by atoms with E-state index < -0.39 is 36.1 Å². The summed E-state index contributed by atoms with van der Waals surface area (Å²) in [5.74, 6) is -2.08. The lowest BCUT2D eigenvalue weighted by Gasteiger charge is -2.14. The predicted octanol–water partition coefficient (Wildman–Crippen LogP) is 0.919. The number of nitrogens with one attached hydrogen (secondary N) is 2. The van der Waals surface area contributed by atoms with Gasteiger partial charge in [0.25, 0.3) is 5.91 Å². The highest BCUT2D eigenvalue weighted by Gasteiger charge is 2.23. The fourth-order valence-electron chi connectivity index (χ4n) is 1.72. The molecule has 0 bridgehead atoms. The van der Waals surface area contributed by atoms with E-state index in [4.69, 9.17) is 16.6 Å². The maximum atomic E-state index is 13.9. The highest BCUT2D eigenvalue weighted by Crippen LogP contribution is 2.15. The van der Waals surface area contributed by atoms with E-state index in [2.05, 4.69) is 16.6 Å². The van der Waals surface area contributed by atoms with Crippen LogP contribution in [0.15, 0.2) is 18.2 Å². The molecular formula is C15H15FN2O5. The van der Waals surface area contributed by atoms with Crippen LogP contribution in [0.2, 0.25) is 0 Å². The maximum Gasteiger partial charge on any atom is 0.326 e. The van der Waals surface area contributed by atoms with E-state index >= 15 is 0 Å². The second-order valence-electron chi connectivity index (χ2n) is 4.55. The molecule has 4 N–H and O–H groups in total. The first kappa shape index (κ1) is 18.0. The number of carboxylic acids is 2. The van der Waals surface area contributed by atoms with Crippen LogP contribution in [-0.4, -0.2) is 40.6 Å². The Morgan fingerprint density at radius 1 is 1.30 bits per heavy atom. The van der Waals surface area contributed by atoms with E-state index in [1.807, 2.05) is 0 Å². The van der Waals surface area contributed by atoms with E-state index in [0.29, 0.717) is 5.69 Å². The van der Waals surface area contributed by atoms with Crippen molar-refractivity contribution in [3.63, 3.8) is 0 Å². The van der Waals surface area contributed by atoms with Gasteiger partial charge in [-0.2, -0.15) is 0 Å². The van der Waals surface area contributed by atoms with Gasteiger partial charge in [0.05, 0.1) is 12.1 Å². The third-order valence-electron chi connectivity index (χ3n) is 2.86. The fraction of sp³-hybridized carbons (Fsp3) is 0.267. The second kappa shape index (κ2) is 8.38. The summed E-state index contributed by atoms with van der Waals surface area (Å²) in [4.78, 5) is 33.4. The van der Waals surface area contributed by atoms with E-state index in [1.165, 1.54) is 12.1 Å². The number of anilines is 1. The number of amides is 1. The van der Waals surface area contributed by atoms with Crippen LogP contribution < -0.4 is 10.6 Å². The van der Waals surface area contributed by atoms with Crippen molar-refractivity contribution in [2.45, 2.75) is 18.9 Å². The molecule has 1 aromatic rings. The Balaban J connectivity index is 2.81. The summed E-state index contributed by atoms with van der Waals surface area (Å²) in [6.45, 7) is 0.182. The number of hydrogen-bond donors (Lipinski definition) is 4. The molecule has 1 rings (SSSR count). The summed E-state index contributed by atoms with van der Waals surface area (Å²) in [6, 6.07) is 2.23. The molecule has 0 fully saturated rings. The van der Waals surface area contributed by atoms with E-state index in [-0.39, 0.29) is 18.5 Å². The molecule has 0 saturated heterocycles. The van der Waals surface area contributed by atoms with Crippen molar-refractivity contribution >= 4 is 23.5 Å². The van der Waals surface area contributed by atoms with Gasteiger partial charge in [-0.15, -0.1) is 6.42 Å². The van der Waals surface area contributed by atoms with Crippen LogP contribution in [0.1, 0.15) is 23.2 Å². The van der Waals surface area contributed by atoms with Gasteiger partial charge < -0.3 is 20.8 Å². The first-order valence-electron chi connectivity index (χ1n) is 6.57. The zero-order valence-electron chi connectivity index (χ0n) is 12.0. The van der Waals surface area contributed by atoms with Crippen molar-refractivity contribution in [2.75, 3.05) is 11.9 Å². The van der Waals surface area contributed by atoms with Crippen molar-refractivity contribution in [3.05, 3.63) is 29.6 Å². The van der Waals surface area contributed by atoms with Crippen molar-refractivity contribution < 1.29 is 29.0 Å². The maximum absolute atomic E-state index is 13.9. The van der Waals surface area contributed by atoms with Gasteiger partial charge >= 0.3 is 11.9 Å². The highest BCUT2D eigenvalue weighted by molar-refractivity contribution is 5.97. The molecular weight excluding hydrogens is 307 g/mol. The average Bonchev–Trinajstić information content (AvgIpc) is 2.48. The Morgan fingerprint density at radius 2 is 2.00 bits per heavy atom. The summed E-state index contributed by atoms with van der Waals surface area (Å²) in [5, 5.41) is 22.3. The smallest absolute Gasteiger partial charge is 0.326 e. The molecule has 1 atom stereocenters. The van der Waals surface area contributed by atoms with Gasteiger partial charge in [0.1, 0.15) is 11.9 Å². The molecule has 0 unspecified atom stereocenters. The molecule has 1 aromatic carbocycles. The van der Waals surface area contributed by atoms with Gasteiger partial charge in [-0.3, -0.25) is 9.59 Å². The van der Waals surface area contributed by atoms with Crippen LogP contribution in [0.3, 0.4) is 0 Å². The first-order valence-corrected chi connectivity index (χ1v) is 6.57. The Kier molecular flexibility index (Phi) is 6.55. The molecule has 0 radical (unpaired) electrons. The van der Waals surface area contributed by atoms with Crippen LogP contribution in [0.4, 0.5) is 10.1 Å². The quantitative estimate of drug-likeness (QED) is 0.529. The van der Waals surface area contributed by atoms with Crippen molar-refractivity contribution in [1.82, 2.24) is 5.32 Å². The topological polar surface area (TPSA) is 116 Å². The van der Waals surface area contributed by atoms with Crippen molar-refractivity contribution in [2.24, 2.45) is 0 Å². The Hall–Kier alpha value is -3.08. The average molecular weight is 322 g/mol. The first-order chi connectivity index (χ1) is 10.8. The second-order valence-corrected chi connectivity index (χ2v) is 4.55. The van der Waals surface area contributed by atoms with Gasteiger partial charge in [0.2, 0.25) is 0 Å². The molecule has 122 valence electrons. The summed E-state index contributed by atoms with van der Waals surface area (Å²) in [5.41, 5.74) is 0.0236. The summed E-state index contributed by atoms with van der Waals surface area (Å²) >= 11 is 0. The highest BCUT2D eigenvalue weighted by atomic mass is 19.1. The Labute approximate surface area is 131 Å². The number of terminal acetylenes is 1. The zero-order valence-corrected chi connectivity index (χ0v) is 12.0. The Bertz CT molecular complexity index is 654. The number of rotatable bonds is 8. The minimum atomic E-state index is -1.42. The summed E-state index contributed by atoms with van der Waals surface area (Å²) < 4.78 is 13.9. The van der Waals surface area contributed by atoms with Crippen LogP contribution in [0.5, 0.6) is 0 Å². The lowest BCUT2D eigenvalue weighted by molar-refractivity contribution is -0.140. The number of hydrogen-bond acceptors (Lipinski definition) is 4. The van der Waals surface area contributed by atoms with Crippen LogP contribution >= 0.6 is 0 Å². The molecule has 8 heteroatoms. The van der Waals surface area contributed by atoms with Gasteiger partial charge in [0, 0.05) is 12.1 Å². The van der Waals surface area contributed by atoms with E-state index in [9.17, 15) is 18.8 Å². The fourth-order valence-corrected chi connectivity index (χ4v) is 1.72. The minimum absolute atomic E-state index is 0.182. The van der Waals surface area contributed by atoms with Crippen LogP contribution in [0.25, 0.3) is 0 Å². The molecule has 1 amide bonds. The number of carbonyl (C=O) groups is 3.